The summed E-state index contributed by atoms with van der Waals surface area (Å²) >= 11 is 1.30. The summed E-state index contributed by atoms with van der Waals surface area (Å²) in [5.74, 6) is 0.289. The SMILES string of the molecule is CC(C)c1cnc(NS(=O)(=O)c2ccc3[nH]c(=O)[nH]c3c2)s1. The van der Waals surface area contributed by atoms with Crippen molar-refractivity contribution in [2.75, 3.05) is 4.72 Å². The third kappa shape index (κ3) is 2.77. The van der Waals surface area contributed by atoms with Crippen molar-refractivity contribution in [3.8, 4) is 0 Å². The van der Waals surface area contributed by atoms with Crippen LogP contribution in [0.15, 0.2) is 34.1 Å². The van der Waals surface area contributed by atoms with Crippen molar-refractivity contribution < 1.29 is 8.42 Å². The van der Waals surface area contributed by atoms with Crippen LogP contribution in [0.5, 0.6) is 0 Å². The van der Waals surface area contributed by atoms with Gasteiger partial charge in [-0.15, -0.1) is 11.3 Å². The highest BCUT2D eigenvalue weighted by molar-refractivity contribution is 7.93. The van der Waals surface area contributed by atoms with E-state index in [-0.39, 0.29) is 16.5 Å². The molecule has 9 heteroatoms. The number of hydrogen-bond donors (Lipinski definition) is 3. The zero-order chi connectivity index (χ0) is 15.9. The molecule has 0 bridgehead atoms. The number of fused-ring (bicyclic) bond motifs is 1. The Hall–Kier alpha value is -2.13. The molecule has 0 saturated carbocycles. The van der Waals surface area contributed by atoms with Gasteiger partial charge in [0.05, 0.1) is 15.9 Å². The van der Waals surface area contributed by atoms with Gasteiger partial charge in [-0.05, 0) is 24.1 Å². The van der Waals surface area contributed by atoms with Crippen LogP contribution in [0.2, 0.25) is 0 Å². The molecular formula is C13H14N4O3S2. The molecule has 0 saturated heterocycles. The van der Waals surface area contributed by atoms with Gasteiger partial charge >= 0.3 is 5.69 Å². The monoisotopic (exact) mass is 338 g/mol. The number of hydrogen-bond acceptors (Lipinski definition) is 5. The molecule has 22 heavy (non-hydrogen) atoms. The molecule has 0 unspecified atom stereocenters. The topological polar surface area (TPSA) is 108 Å². The lowest BCUT2D eigenvalue weighted by molar-refractivity contribution is 0.601. The number of thiazole rings is 1. The number of benzene rings is 1. The minimum absolute atomic E-state index is 0.0662. The summed E-state index contributed by atoms with van der Waals surface area (Å²) < 4.78 is 27.2. The van der Waals surface area contributed by atoms with Crippen LogP contribution >= 0.6 is 11.3 Å². The highest BCUT2D eigenvalue weighted by atomic mass is 32.2. The van der Waals surface area contributed by atoms with E-state index in [2.05, 4.69) is 19.7 Å². The van der Waals surface area contributed by atoms with Crippen LogP contribution in [-0.2, 0) is 10.0 Å². The first kappa shape index (κ1) is 14.8. The molecule has 7 nitrogen and oxygen atoms in total. The number of nitrogens with one attached hydrogen (secondary N) is 3. The lowest BCUT2D eigenvalue weighted by Gasteiger charge is -2.05. The van der Waals surface area contributed by atoms with Gasteiger partial charge in [-0.3, -0.25) is 4.72 Å². The lowest BCUT2D eigenvalue weighted by Crippen LogP contribution is -2.12. The number of aromatic amines is 2. The van der Waals surface area contributed by atoms with Crippen LogP contribution in [0.25, 0.3) is 11.0 Å². The Bertz CT molecular complexity index is 982. The van der Waals surface area contributed by atoms with Crippen LogP contribution in [-0.4, -0.2) is 23.4 Å². The molecule has 0 aliphatic heterocycles. The molecule has 0 fully saturated rings. The van der Waals surface area contributed by atoms with Gasteiger partial charge in [-0.1, -0.05) is 13.8 Å². The van der Waals surface area contributed by atoms with E-state index in [1.165, 1.54) is 23.5 Å². The summed E-state index contributed by atoms with van der Waals surface area (Å²) in [6.45, 7) is 4.03. The van der Waals surface area contributed by atoms with Crippen molar-refractivity contribution in [2.24, 2.45) is 0 Å². The van der Waals surface area contributed by atoms with Gasteiger partial charge in [0.25, 0.3) is 10.0 Å². The molecular weight excluding hydrogens is 324 g/mol. The Labute approximate surface area is 130 Å². The Morgan fingerprint density at radius 2 is 1.95 bits per heavy atom. The molecule has 0 radical (unpaired) electrons. The van der Waals surface area contributed by atoms with E-state index in [1.807, 2.05) is 13.8 Å². The molecule has 2 heterocycles. The van der Waals surface area contributed by atoms with Crippen molar-refractivity contribution in [3.05, 3.63) is 39.8 Å². The van der Waals surface area contributed by atoms with Gasteiger partial charge < -0.3 is 9.97 Å². The zero-order valence-corrected chi connectivity index (χ0v) is 13.5. The number of H-pyrrole nitrogens is 2. The predicted molar refractivity (Wildman–Crippen MR) is 85.9 cm³/mol. The molecule has 3 aromatic rings. The van der Waals surface area contributed by atoms with Crippen molar-refractivity contribution in [1.82, 2.24) is 15.0 Å². The number of aromatic nitrogens is 3. The smallest absolute Gasteiger partial charge is 0.306 e. The van der Waals surface area contributed by atoms with Crippen molar-refractivity contribution in [1.29, 1.82) is 0 Å². The largest absolute Gasteiger partial charge is 0.323 e. The number of rotatable bonds is 4. The summed E-state index contributed by atoms with van der Waals surface area (Å²) in [6, 6.07) is 4.39. The van der Waals surface area contributed by atoms with E-state index in [4.69, 9.17) is 0 Å². The van der Waals surface area contributed by atoms with Gasteiger partial charge in [-0.25, -0.2) is 18.2 Å². The van der Waals surface area contributed by atoms with E-state index in [0.717, 1.165) is 4.88 Å². The number of imidazole rings is 1. The quantitative estimate of drug-likeness (QED) is 0.678. The summed E-state index contributed by atoms with van der Waals surface area (Å²) in [7, 11) is -3.75. The summed E-state index contributed by atoms with van der Waals surface area (Å²) in [5.41, 5.74) is 0.620. The predicted octanol–water partition coefficient (Wildman–Crippen LogP) is 2.24. The maximum absolute atomic E-state index is 12.4. The first-order valence-corrected chi connectivity index (χ1v) is 8.86. The average molecular weight is 338 g/mol. The Balaban J connectivity index is 1.94. The summed E-state index contributed by atoms with van der Waals surface area (Å²) in [6.07, 6.45) is 1.67. The summed E-state index contributed by atoms with van der Waals surface area (Å²) in [4.78, 5) is 21.5. The average Bonchev–Trinajstić information content (AvgIpc) is 3.02. The van der Waals surface area contributed by atoms with E-state index < -0.39 is 10.0 Å². The van der Waals surface area contributed by atoms with Crippen LogP contribution in [0.4, 0.5) is 5.13 Å². The fourth-order valence-corrected chi connectivity index (χ4v) is 4.04. The van der Waals surface area contributed by atoms with Crippen molar-refractivity contribution in [2.45, 2.75) is 24.7 Å². The molecule has 2 aromatic heterocycles. The van der Waals surface area contributed by atoms with E-state index in [9.17, 15) is 13.2 Å². The zero-order valence-electron chi connectivity index (χ0n) is 11.9. The van der Waals surface area contributed by atoms with Gasteiger partial charge in [0.1, 0.15) is 0 Å². The first-order valence-electron chi connectivity index (χ1n) is 6.56. The highest BCUT2D eigenvalue weighted by Crippen LogP contribution is 2.27. The number of nitrogens with zero attached hydrogens (tertiary/aromatic N) is 1. The third-order valence-electron chi connectivity index (χ3n) is 3.11. The van der Waals surface area contributed by atoms with Crippen molar-refractivity contribution >= 4 is 37.5 Å². The fraction of sp³-hybridized carbons (Fsp3) is 0.231. The molecule has 0 aliphatic carbocycles. The first-order chi connectivity index (χ1) is 10.3. The van der Waals surface area contributed by atoms with Crippen LogP contribution < -0.4 is 10.4 Å². The number of sulfonamides is 1. The normalized spacial score (nSPS) is 12.1. The second-order valence-corrected chi connectivity index (χ2v) is 7.86. The van der Waals surface area contributed by atoms with Crippen LogP contribution in [0, 0.1) is 0 Å². The molecule has 3 rings (SSSR count). The maximum Gasteiger partial charge on any atom is 0.323 e. The second-order valence-electron chi connectivity index (χ2n) is 5.11. The van der Waals surface area contributed by atoms with Gasteiger partial charge in [-0.2, -0.15) is 0 Å². The minimum Gasteiger partial charge on any atom is -0.306 e. The molecule has 0 amide bonds. The van der Waals surface area contributed by atoms with Gasteiger partial charge in [0.15, 0.2) is 5.13 Å². The van der Waals surface area contributed by atoms with Crippen molar-refractivity contribution in [3.63, 3.8) is 0 Å². The third-order valence-corrected chi connectivity index (χ3v) is 5.79. The van der Waals surface area contributed by atoms with Crippen LogP contribution in [0.1, 0.15) is 24.6 Å². The second kappa shape index (κ2) is 5.25. The van der Waals surface area contributed by atoms with Gasteiger partial charge in [0, 0.05) is 11.1 Å². The van der Waals surface area contributed by atoms with Gasteiger partial charge in [0.2, 0.25) is 0 Å². The lowest BCUT2D eigenvalue weighted by atomic mass is 10.2. The molecule has 0 atom stereocenters. The summed E-state index contributed by atoms with van der Waals surface area (Å²) in [5, 5.41) is 0.325. The Kier molecular flexibility index (Phi) is 3.53. The number of anilines is 1. The minimum atomic E-state index is -3.75. The van der Waals surface area contributed by atoms with E-state index in [0.29, 0.717) is 16.2 Å². The molecule has 0 aliphatic rings. The Morgan fingerprint density at radius 3 is 2.64 bits per heavy atom. The van der Waals surface area contributed by atoms with E-state index in [1.54, 1.807) is 12.3 Å². The molecule has 3 N–H and O–H groups in total. The highest BCUT2D eigenvalue weighted by Gasteiger charge is 2.17. The maximum atomic E-state index is 12.4. The standard InChI is InChI=1S/C13H14N4O3S2/c1-7(2)11-6-14-13(21-11)17-22(19,20)8-3-4-9-10(5-8)16-12(18)15-9/h3-7H,1-2H3,(H,14,17)(H2,15,16,18). The van der Waals surface area contributed by atoms with E-state index >= 15 is 0 Å². The van der Waals surface area contributed by atoms with Crippen LogP contribution in [0.3, 0.4) is 0 Å². The molecule has 1 aromatic carbocycles. The fourth-order valence-electron chi connectivity index (χ4n) is 1.95. The molecule has 116 valence electrons. The Morgan fingerprint density at radius 1 is 1.23 bits per heavy atom. The molecule has 0 spiro atoms.